The summed E-state index contributed by atoms with van der Waals surface area (Å²) in [7, 11) is 3.34. The second-order valence-electron chi connectivity index (χ2n) is 9.42. The minimum atomic E-state index is -0.538. The summed E-state index contributed by atoms with van der Waals surface area (Å²) in [5.41, 5.74) is 1.36. The van der Waals surface area contributed by atoms with E-state index in [-0.39, 0.29) is 23.4 Å². The molecule has 1 fully saturated rings. The van der Waals surface area contributed by atoms with Gasteiger partial charge < -0.3 is 19.3 Å². The second kappa shape index (κ2) is 8.96. The average molecular weight is 469 g/mol. The van der Waals surface area contributed by atoms with E-state index in [1.54, 1.807) is 23.2 Å². The Kier molecular flexibility index (Phi) is 6.20. The summed E-state index contributed by atoms with van der Waals surface area (Å²) in [5, 5.41) is 0. The van der Waals surface area contributed by atoms with E-state index in [1.807, 2.05) is 33.9 Å². The number of methoxy groups -OCH3 is 1. The van der Waals surface area contributed by atoms with Crippen LogP contribution in [-0.4, -0.2) is 59.3 Å². The molecule has 1 aliphatic rings. The maximum atomic E-state index is 14.1. The molecule has 3 heterocycles. The smallest absolute Gasteiger partial charge is 0.410 e. The molecule has 1 saturated heterocycles. The van der Waals surface area contributed by atoms with E-state index in [1.165, 1.54) is 29.7 Å². The number of fused-ring (bicyclic) bond motifs is 1. The molecular weight excluding hydrogens is 439 g/mol. The summed E-state index contributed by atoms with van der Waals surface area (Å²) in [5.74, 6) is -0.387. The molecule has 2 aromatic heterocycles. The van der Waals surface area contributed by atoms with E-state index >= 15 is 0 Å². The molecule has 1 aromatic carbocycles. The number of hydrogen-bond donors (Lipinski definition) is 0. The van der Waals surface area contributed by atoms with Gasteiger partial charge in [-0.05, 0) is 57.5 Å². The number of carbonyl (C=O) groups is 1. The zero-order valence-electron chi connectivity index (χ0n) is 20.0. The number of pyridine rings is 1. The van der Waals surface area contributed by atoms with Crippen molar-refractivity contribution in [1.29, 1.82) is 0 Å². The van der Waals surface area contributed by atoms with Gasteiger partial charge in [0, 0.05) is 44.0 Å². The standard InChI is InChI=1S/C25H29FN4O4/c1-25(2,3)34-24(32)29-11-10-18(14-29)28(4)17-7-9-22-27-20(13-23(31)30(22)15-17)16-6-8-21(33-5)19(26)12-16/h6-9,12-13,15,18H,10-11,14H2,1-5H3. The first kappa shape index (κ1) is 23.5. The number of amides is 1. The highest BCUT2D eigenvalue weighted by atomic mass is 19.1. The maximum Gasteiger partial charge on any atom is 0.410 e. The molecule has 3 aromatic rings. The first-order valence-corrected chi connectivity index (χ1v) is 11.1. The SMILES string of the molecule is COc1ccc(-c2cc(=O)n3cc(N(C)C4CCN(C(=O)OC(C)(C)C)C4)ccc3n2)cc1F. The number of benzene rings is 1. The number of halogens is 1. The lowest BCUT2D eigenvalue weighted by molar-refractivity contribution is 0.0292. The number of likely N-dealkylation sites (tertiary alicyclic amines) is 1. The predicted molar refractivity (Wildman–Crippen MR) is 128 cm³/mol. The molecule has 1 aliphatic heterocycles. The van der Waals surface area contributed by atoms with E-state index in [9.17, 15) is 14.0 Å². The third-order valence-corrected chi connectivity index (χ3v) is 5.86. The fraction of sp³-hybridized carbons (Fsp3) is 0.400. The van der Waals surface area contributed by atoms with Crippen LogP contribution >= 0.6 is 0 Å². The van der Waals surface area contributed by atoms with Gasteiger partial charge in [-0.3, -0.25) is 9.20 Å². The van der Waals surface area contributed by atoms with Crippen LogP contribution < -0.4 is 15.2 Å². The van der Waals surface area contributed by atoms with Crippen molar-refractivity contribution in [1.82, 2.24) is 14.3 Å². The van der Waals surface area contributed by atoms with E-state index in [4.69, 9.17) is 9.47 Å². The Balaban J connectivity index is 1.55. The van der Waals surface area contributed by atoms with Crippen molar-refractivity contribution in [2.24, 2.45) is 0 Å². The third-order valence-electron chi connectivity index (χ3n) is 5.86. The maximum absolute atomic E-state index is 14.1. The molecule has 9 heteroatoms. The lowest BCUT2D eigenvalue weighted by Crippen LogP contribution is -2.39. The Morgan fingerprint density at radius 1 is 1.21 bits per heavy atom. The molecule has 180 valence electrons. The highest BCUT2D eigenvalue weighted by Crippen LogP contribution is 2.26. The predicted octanol–water partition coefficient (Wildman–Crippen LogP) is 3.95. The van der Waals surface area contributed by atoms with Gasteiger partial charge in [0.05, 0.1) is 18.5 Å². The van der Waals surface area contributed by atoms with Gasteiger partial charge in [0.2, 0.25) is 0 Å². The summed E-state index contributed by atoms with van der Waals surface area (Å²) in [6.07, 6.45) is 2.21. The minimum Gasteiger partial charge on any atom is -0.494 e. The van der Waals surface area contributed by atoms with Crippen LogP contribution in [0.3, 0.4) is 0 Å². The molecule has 34 heavy (non-hydrogen) atoms. The van der Waals surface area contributed by atoms with Crippen LogP contribution in [0.15, 0.2) is 47.4 Å². The molecule has 0 bridgehead atoms. The van der Waals surface area contributed by atoms with Crippen LogP contribution in [-0.2, 0) is 4.74 Å². The zero-order chi connectivity index (χ0) is 24.6. The highest BCUT2D eigenvalue weighted by molar-refractivity contribution is 5.69. The van der Waals surface area contributed by atoms with Crippen molar-refractivity contribution in [2.75, 3.05) is 32.1 Å². The van der Waals surface area contributed by atoms with Gasteiger partial charge in [-0.1, -0.05) is 0 Å². The molecule has 1 unspecified atom stereocenters. The molecule has 8 nitrogen and oxygen atoms in total. The summed E-state index contributed by atoms with van der Waals surface area (Å²) >= 11 is 0. The van der Waals surface area contributed by atoms with E-state index in [2.05, 4.69) is 9.88 Å². The molecule has 1 amide bonds. The monoisotopic (exact) mass is 468 g/mol. The van der Waals surface area contributed by atoms with Gasteiger partial charge in [0.15, 0.2) is 11.6 Å². The van der Waals surface area contributed by atoms with E-state index < -0.39 is 11.4 Å². The number of ether oxygens (including phenoxy) is 2. The molecule has 0 saturated carbocycles. The molecule has 0 N–H and O–H groups in total. The fourth-order valence-corrected chi connectivity index (χ4v) is 4.03. The second-order valence-corrected chi connectivity index (χ2v) is 9.42. The highest BCUT2D eigenvalue weighted by Gasteiger charge is 2.32. The van der Waals surface area contributed by atoms with Crippen LogP contribution in [0.25, 0.3) is 16.9 Å². The fourth-order valence-electron chi connectivity index (χ4n) is 4.03. The summed E-state index contributed by atoms with van der Waals surface area (Å²) in [4.78, 5) is 33.6. The molecule has 0 spiro atoms. The van der Waals surface area contributed by atoms with Gasteiger partial charge in [-0.2, -0.15) is 0 Å². The molecule has 0 aliphatic carbocycles. The Morgan fingerprint density at radius 3 is 2.65 bits per heavy atom. The summed E-state index contributed by atoms with van der Waals surface area (Å²) in [6, 6.07) is 9.60. The lowest BCUT2D eigenvalue weighted by atomic mass is 10.1. The van der Waals surface area contributed by atoms with Crippen molar-refractivity contribution in [3.63, 3.8) is 0 Å². The molecule has 1 atom stereocenters. The van der Waals surface area contributed by atoms with Gasteiger partial charge in [-0.25, -0.2) is 14.2 Å². The van der Waals surface area contributed by atoms with Crippen molar-refractivity contribution < 1.29 is 18.7 Å². The quantitative estimate of drug-likeness (QED) is 0.577. The van der Waals surface area contributed by atoms with Crippen molar-refractivity contribution in [3.8, 4) is 17.0 Å². The Bertz CT molecular complexity index is 1280. The van der Waals surface area contributed by atoms with Crippen LogP contribution in [0.5, 0.6) is 5.75 Å². The molecular formula is C25H29FN4O4. The zero-order valence-corrected chi connectivity index (χ0v) is 20.0. The lowest BCUT2D eigenvalue weighted by Gasteiger charge is -2.28. The largest absolute Gasteiger partial charge is 0.494 e. The summed E-state index contributed by atoms with van der Waals surface area (Å²) < 4.78 is 26.0. The van der Waals surface area contributed by atoms with Gasteiger partial charge in [0.1, 0.15) is 11.2 Å². The van der Waals surface area contributed by atoms with Crippen LogP contribution in [0.1, 0.15) is 27.2 Å². The van der Waals surface area contributed by atoms with E-state index in [0.717, 1.165) is 12.1 Å². The van der Waals surface area contributed by atoms with Gasteiger partial charge >= 0.3 is 6.09 Å². The van der Waals surface area contributed by atoms with Crippen LogP contribution in [0.4, 0.5) is 14.9 Å². The number of aromatic nitrogens is 2. The van der Waals surface area contributed by atoms with Crippen LogP contribution in [0, 0.1) is 5.82 Å². The van der Waals surface area contributed by atoms with Crippen molar-refractivity contribution in [2.45, 2.75) is 38.8 Å². The topological polar surface area (TPSA) is 76.4 Å². The minimum absolute atomic E-state index is 0.0928. The number of anilines is 1. The van der Waals surface area contributed by atoms with E-state index in [0.29, 0.717) is 30.0 Å². The average Bonchev–Trinajstić information content (AvgIpc) is 3.28. The Morgan fingerprint density at radius 2 is 1.97 bits per heavy atom. The number of likely N-dealkylation sites (N-methyl/N-ethyl adjacent to an activating group) is 1. The summed E-state index contributed by atoms with van der Waals surface area (Å²) in [6.45, 7) is 6.70. The Hall–Kier alpha value is -3.62. The number of rotatable bonds is 4. The first-order valence-electron chi connectivity index (χ1n) is 11.1. The van der Waals surface area contributed by atoms with Gasteiger partial charge in [-0.15, -0.1) is 0 Å². The first-order chi connectivity index (χ1) is 16.1. The van der Waals surface area contributed by atoms with Crippen molar-refractivity contribution >= 4 is 17.4 Å². The number of hydrogen-bond acceptors (Lipinski definition) is 6. The van der Waals surface area contributed by atoms with Gasteiger partial charge in [0.25, 0.3) is 5.56 Å². The normalized spacial score (nSPS) is 16.1. The number of nitrogens with zero attached hydrogens (tertiary/aromatic N) is 4. The van der Waals surface area contributed by atoms with Crippen molar-refractivity contribution in [3.05, 3.63) is 58.8 Å². The Labute approximate surface area is 197 Å². The number of carbonyl (C=O) groups excluding carboxylic acids is 1. The third kappa shape index (κ3) is 4.83. The van der Waals surface area contributed by atoms with Crippen LogP contribution in [0.2, 0.25) is 0 Å². The molecule has 4 rings (SSSR count). The molecule has 0 radical (unpaired) electrons.